The van der Waals surface area contributed by atoms with Crippen LogP contribution in [0.5, 0.6) is 0 Å². The summed E-state index contributed by atoms with van der Waals surface area (Å²) >= 11 is 0. The van der Waals surface area contributed by atoms with E-state index >= 15 is 0 Å². The quantitative estimate of drug-likeness (QED) is 0.610. The van der Waals surface area contributed by atoms with Gasteiger partial charge in [-0.05, 0) is 23.6 Å². The van der Waals surface area contributed by atoms with Crippen molar-refractivity contribution in [3.05, 3.63) is 71.5 Å². The number of hydrogen-bond acceptors (Lipinski definition) is 4. The van der Waals surface area contributed by atoms with E-state index < -0.39 is 29.9 Å². The number of halogens is 1. The summed E-state index contributed by atoms with van der Waals surface area (Å²) in [5.74, 6) is -1.37. The first-order valence-electron chi connectivity index (χ1n) is 9.63. The summed E-state index contributed by atoms with van der Waals surface area (Å²) in [5, 5.41) is 5.05. The van der Waals surface area contributed by atoms with E-state index in [1.165, 1.54) is 20.2 Å². The standard InChI is InChI=1S/C22H27FN4O3/c1-25-22(30)27(2)21(29)19(12-15-8-4-3-5-9-15)26-20(28)14-17(24)13-16-10-6-7-11-18(16)23/h3-11,17,19H,12-14,24H2,1-2H3,(H,25,30)(H,26,28)/t17-,19-/m1/s1. The lowest BCUT2D eigenvalue weighted by atomic mass is 10.0. The van der Waals surface area contributed by atoms with Crippen LogP contribution in [-0.4, -0.2) is 48.9 Å². The van der Waals surface area contributed by atoms with Crippen molar-refractivity contribution >= 4 is 17.8 Å². The Labute approximate surface area is 175 Å². The zero-order valence-electron chi connectivity index (χ0n) is 17.1. The van der Waals surface area contributed by atoms with Gasteiger partial charge in [-0.1, -0.05) is 48.5 Å². The van der Waals surface area contributed by atoms with Crippen LogP contribution in [0.3, 0.4) is 0 Å². The van der Waals surface area contributed by atoms with Crippen molar-refractivity contribution in [3.8, 4) is 0 Å². The van der Waals surface area contributed by atoms with Crippen LogP contribution in [0.2, 0.25) is 0 Å². The molecular weight excluding hydrogens is 387 g/mol. The van der Waals surface area contributed by atoms with E-state index in [4.69, 9.17) is 5.73 Å². The second-order valence-corrected chi connectivity index (χ2v) is 7.02. The summed E-state index contributed by atoms with van der Waals surface area (Å²) in [5.41, 5.74) is 7.28. The number of nitrogens with one attached hydrogen (secondary N) is 2. The van der Waals surface area contributed by atoms with Gasteiger partial charge >= 0.3 is 6.03 Å². The first-order valence-corrected chi connectivity index (χ1v) is 9.63. The highest BCUT2D eigenvalue weighted by molar-refractivity contribution is 5.98. The molecule has 8 heteroatoms. The van der Waals surface area contributed by atoms with Gasteiger partial charge in [0.2, 0.25) is 5.91 Å². The van der Waals surface area contributed by atoms with E-state index in [1.807, 2.05) is 30.3 Å². The molecule has 30 heavy (non-hydrogen) atoms. The monoisotopic (exact) mass is 414 g/mol. The van der Waals surface area contributed by atoms with Gasteiger partial charge in [-0.2, -0.15) is 0 Å². The lowest BCUT2D eigenvalue weighted by Gasteiger charge is -2.24. The minimum atomic E-state index is -0.942. The lowest BCUT2D eigenvalue weighted by molar-refractivity contribution is -0.133. The van der Waals surface area contributed by atoms with Crippen molar-refractivity contribution in [2.45, 2.75) is 31.3 Å². The minimum absolute atomic E-state index is 0.0867. The molecule has 2 atom stereocenters. The Hall–Kier alpha value is -3.26. The van der Waals surface area contributed by atoms with E-state index in [0.29, 0.717) is 5.56 Å². The third kappa shape index (κ3) is 6.66. The van der Waals surface area contributed by atoms with Crippen LogP contribution >= 0.6 is 0 Å². The van der Waals surface area contributed by atoms with Crippen molar-refractivity contribution in [3.63, 3.8) is 0 Å². The molecule has 0 aliphatic carbocycles. The van der Waals surface area contributed by atoms with E-state index in [1.54, 1.807) is 18.2 Å². The number of hydrogen-bond donors (Lipinski definition) is 3. The molecule has 2 aromatic carbocycles. The molecule has 160 valence electrons. The molecule has 0 aromatic heterocycles. The van der Waals surface area contributed by atoms with Gasteiger partial charge in [0.05, 0.1) is 0 Å². The lowest BCUT2D eigenvalue weighted by Crippen LogP contribution is -2.52. The Morgan fingerprint density at radius 3 is 2.30 bits per heavy atom. The molecule has 0 spiro atoms. The van der Waals surface area contributed by atoms with Gasteiger partial charge in [0.25, 0.3) is 5.91 Å². The average molecular weight is 414 g/mol. The largest absolute Gasteiger partial charge is 0.344 e. The number of carbonyl (C=O) groups excluding carboxylic acids is 3. The van der Waals surface area contributed by atoms with E-state index in [-0.39, 0.29) is 25.1 Å². The molecule has 4 N–H and O–H groups in total. The Balaban J connectivity index is 2.06. The fraction of sp³-hybridized carbons (Fsp3) is 0.318. The molecule has 2 aromatic rings. The number of likely N-dealkylation sites (N-methyl/N-ethyl adjacent to an activating group) is 1. The SMILES string of the molecule is CNC(=O)N(C)C(=O)[C@@H](Cc1ccccc1)NC(=O)C[C@H](N)Cc1ccccc1F. The van der Waals surface area contributed by atoms with Crippen molar-refractivity contribution in [1.82, 2.24) is 15.5 Å². The molecule has 0 unspecified atom stereocenters. The molecule has 0 radical (unpaired) electrons. The summed E-state index contributed by atoms with van der Waals surface area (Å²) in [6.45, 7) is 0. The van der Waals surface area contributed by atoms with Gasteiger partial charge in [-0.3, -0.25) is 14.5 Å². The summed E-state index contributed by atoms with van der Waals surface area (Å²) in [6.07, 6.45) is 0.321. The number of nitrogens with two attached hydrogens (primary N) is 1. The van der Waals surface area contributed by atoms with Crippen molar-refractivity contribution in [2.75, 3.05) is 14.1 Å². The Bertz CT molecular complexity index is 876. The number of benzene rings is 2. The van der Waals surface area contributed by atoms with Crippen LogP contribution in [0.4, 0.5) is 9.18 Å². The normalized spacial score (nSPS) is 12.5. The summed E-state index contributed by atoms with van der Waals surface area (Å²) < 4.78 is 13.8. The molecule has 4 amide bonds. The van der Waals surface area contributed by atoms with Crippen LogP contribution < -0.4 is 16.4 Å². The number of amides is 4. The number of nitrogens with zero attached hydrogens (tertiary/aromatic N) is 1. The second kappa shape index (κ2) is 11.1. The third-order valence-corrected chi connectivity index (χ3v) is 4.65. The molecule has 0 aliphatic heterocycles. The van der Waals surface area contributed by atoms with Crippen LogP contribution in [0.15, 0.2) is 54.6 Å². The maximum Gasteiger partial charge on any atom is 0.323 e. The zero-order chi connectivity index (χ0) is 22.1. The van der Waals surface area contributed by atoms with Gasteiger partial charge in [0.1, 0.15) is 11.9 Å². The Morgan fingerprint density at radius 2 is 1.67 bits per heavy atom. The Morgan fingerprint density at radius 1 is 1.03 bits per heavy atom. The smallest absolute Gasteiger partial charge is 0.323 e. The van der Waals surface area contributed by atoms with Gasteiger partial charge in [0.15, 0.2) is 0 Å². The Kier molecular flexibility index (Phi) is 8.49. The number of imide groups is 1. The maximum absolute atomic E-state index is 13.8. The molecule has 0 aliphatic rings. The third-order valence-electron chi connectivity index (χ3n) is 4.65. The highest BCUT2D eigenvalue weighted by Crippen LogP contribution is 2.11. The molecule has 0 fully saturated rings. The molecule has 0 heterocycles. The first kappa shape index (κ1) is 23.0. The van der Waals surface area contributed by atoms with Crippen LogP contribution in [0, 0.1) is 5.82 Å². The van der Waals surface area contributed by atoms with E-state index in [2.05, 4.69) is 10.6 Å². The fourth-order valence-electron chi connectivity index (χ4n) is 3.06. The zero-order valence-corrected chi connectivity index (χ0v) is 17.1. The van der Waals surface area contributed by atoms with Gasteiger partial charge < -0.3 is 16.4 Å². The van der Waals surface area contributed by atoms with Crippen molar-refractivity contribution in [1.29, 1.82) is 0 Å². The van der Waals surface area contributed by atoms with Crippen molar-refractivity contribution < 1.29 is 18.8 Å². The molecule has 0 saturated heterocycles. The number of rotatable bonds is 8. The van der Waals surface area contributed by atoms with Crippen LogP contribution in [-0.2, 0) is 22.4 Å². The van der Waals surface area contributed by atoms with Gasteiger partial charge in [-0.25, -0.2) is 9.18 Å². The number of carbonyl (C=O) groups is 3. The topological polar surface area (TPSA) is 105 Å². The average Bonchev–Trinajstić information content (AvgIpc) is 2.73. The molecule has 7 nitrogen and oxygen atoms in total. The predicted molar refractivity (Wildman–Crippen MR) is 112 cm³/mol. The minimum Gasteiger partial charge on any atom is -0.344 e. The summed E-state index contributed by atoms with van der Waals surface area (Å²) in [4.78, 5) is 38.1. The highest BCUT2D eigenvalue weighted by Gasteiger charge is 2.27. The summed E-state index contributed by atoms with van der Waals surface area (Å²) in [6, 6.07) is 13.3. The number of urea groups is 1. The molecule has 0 bridgehead atoms. The first-order chi connectivity index (χ1) is 14.3. The van der Waals surface area contributed by atoms with E-state index in [9.17, 15) is 18.8 Å². The maximum atomic E-state index is 13.8. The molecule has 2 rings (SSSR count). The highest BCUT2D eigenvalue weighted by atomic mass is 19.1. The van der Waals surface area contributed by atoms with Crippen molar-refractivity contribution in [2.24, 2.45) is 5.73 Å². The van der Waals surface area contributed by atoms with Gasteiger partial charge in [0, 0.05) is 33.0 Å². The summed E-state index contributed by atoms with van der Waals surface area (Å²) in [7, 11) is 2.76. The molecular formula is C22H27FN4O3. The van der Waals surface area contributed by atoms with Gasteiger partial charge in [-0.15, -0.1) is 0 Å². The fourth-order valence-corrected chi connectivity index (χ4v) is 3.06. The predicted octanol–water partition coefficient (Wildman–Crippen LogP) is 1.61. The van der Waals surface area contributed by atoms with E-state index in [0.717, 1.165) is 10.5 Å². The van der Waals surface area contributed by atoms with Crippen LogP contribution in [0.25, 0.3) is 0 Å². The van der Waals surface area contributed by atoms with Crippen LogP contribution in [0.1, 0.15) is 17.5 Å². The second-order valence-electron chi connectivity index (χ2n) is 7.02. The molecule has 0 saturated carbocycles.